The lowest BCUT2D eigenvalue weighted by Crippen LogP contribution is -2.21. The highest BCUT2D eigenvalue weighted by atomic mass is 35.5. The number of benzene rings is 2. The maximum Gasteiger partial charge on any atom is 0.262 e. The van der Waals surface area contributed by atoms with Crippen molar-refractivity contribution in [2.24, 2.45) is 0 Å². The van der Waals surface area contributed by atoms with Gasteiger partial charge in [-0.25, -0.2) is 0 Å². The molecule has 0 spiro atoms. The van der Waals surface area contributed by atoms with Gasteiger partial charge in [0.1, 0.15) is 5.75 Å². The molecule has 3 rings (SSSR count). The summed E-state index contributed by atoms with van der Waals surface area (Å²) in [4.78, 5) is 24.6. The van der Waals surface area contributed by atoms with E-state index in [4.69, 9.17) is 16.3 Å². The molecule has 1 amide bonds. The van der Waals surface area contributed by atoms with E-state index < -0.39 is 0 Å². The van der Waals surface area contributed by atoms with E-state index in [0.29, 0.717) is 33.8 Å². The van der Waals surface area contributed by atoms with E-state index in [9.17, 15) is 9.59 Å². The third-order valence-corrected chi connectivity index (χ3v) is 4.18. The first-order valence-corrected chi connectivity index (χ1v) is 8.76. The number of anilines is 1. The second-order valence-corrected chi connectivity index (χ2v) is 6.31. The van der Waals surface area contributed by atoms with Crippen molar-refractivity contribution in [3.63, 3.8) is 0 Å². The number of pyridine rings is 1. The minimum Gasteiger partial charge on any atom is -0.483 e. The number of hydrogen-bond acceptors (Lipinski definition) is 3. The summed E-state index contributed by atoms with van der Waals surface area (Å²) in [6, 6.07) is 14.0. The molecule has 1 heterocycles. The van der Waals surface area contributed by atoms with Crippen LogP contribution in [0.4, 0.5) is 5.69 Å². The molecule has 0 aliphatic rings. The van der Waals surface area contributed by atoms with Crippen LogP contribution >= 0.6 is 11.6 Å². The van der Waals surface area contributed by atoms with E-state index in [0.717, 1.165) is 6.42 Å². The molecule has 0 unspecified atom stereocenters. The largest absolute Gasteiger partial charge is 0.483 e. The molecule has 0 saturated heterocycles. The van der Waals surface area contributed by atoms with E-state index in [1.54, 1.807) is 53.2 Å². The van der Waals surface area contributed by atoms with Crippen molar-refractivity contribution in [3.05, 3.63) is 70.1 Å². The summed E-state index contributed by atoms with van der Waals surface area (Å²) in [5, 5.41) is 4.62. The minimum absolute atomic E-state index is 0.0552. The molecule has 134 valence electrons. The Bertz CT molecular complexity index is 981. The number of hydrogen-bond donors (Lipinski definition) is 1. The van der Waals surface area contributed by atoms with E-state index in [2.05, 4.69) is 5.32 Å². The normalized spacial score (nSPS) is 10.7. The molecule has 0 saturated carbocycles. The summed E-state index contributed by atoms with van der Waals surface area (Å²) >= 11 is 5.82. The zero-order chi connectivity index (χ0) is 18.5. The van der Waals surface area contributed by atoms with Crippen molar-refractivity contribution < 1.29 is 9.53 Å². The molecule has 1 N–H and O–H groups in total. The summed E-state index contributed by atoms with van der Waals surface area (Å²) in [6.45, 7) is 2.54. The fourth-order valence-electron chi connectivity index (χ4n) is 2.71. The Balaban J connectivity index is 1.74. The molecule has 0 atom stereocenters. The highest BCUT2D eigenvalue weighted by Gasteiger charge is 2.09. The summed E-state index contributed by atoms with van der Waals surface area (Å²) in [7, 11) is 0. The highest BCUT2D eigenvalue weighted by molar-refractivity contribution is 6.30. The molecule has 0 aliphatic heterocycles. The second-order valence-electron chi connectivity index (χ2n) is 5.88. The predicted octanol–water partition coefficient (Wildman–Crippen LogP) is 4.08. The van der Waals surface area contributed by atoms with Gasteiger partial charge in [0.15, 0.2) is 6.61 Å². The lowest BCUT2D eigenvalue weighted by atomic mass is 10.1. The smallest absolute Gasteiger partial charge is 0.262 e. The molecule has 26 heavy (non-hydrogen) atoms. The second kappa shape index (κ2) is 8.06. The Morgan fingerprint density at radius 2 is 1.88 bits per heavy atom. The topological polar surface area (TPSA) is 60.3 Å². The van der Waals surface area contributed by atoms with E-state index >= 15 is 0 Å². The number of rotatable bonds is 6. The van der Waals surface area contributed by atoms with E-state index in [-0.39, 0.29) is 18.1 Å². The standard InChI is InChI=1S/C20H19ClN2O3/c1-2-11-23-12-10-16-17(20(23)25)4-3-5-18(16)26-13-19(24)22-15-8-6-14(21)7-9-15/h3-10,12H,2,11,13H2,1H3,(H,22,24). The first-order chi connectivity index (χ1) is 12.6. The van der Waals surface area contributed by atoms with Crippen LogP contribution in [0.2, 0.25) is 5.02 Å². The number of carbonyl (C=O) groups is 1. The number of amides is 1. The molecule has 2 aromatic carbocycles. The van der Waals surface area contributed by atoms with Gasteiger partial charge < -0.3 is 14.6 Å². The van der Waals surface area contributed by atoms with Crippen molar-refractivity contribution in [2.75, 3.05) is 11.9 Å². The van der Waals surface area contributed by atoms with Crippen molar-refractivity contribution in [1.29, 1.82) is 0 Å². The van der Waals surface area contributed by atoms with Gasteiger partial charge in [-0.15, -0.1) is 0 Å². The van der Waals surface area contributed by atoms with Crippen LogP contribution in [0.15, 0.2) is 59.5 Å². The van der Waals surface area contributed by atoms with Gasteiger partial charge in [-0.1, -0.05) is 24.6 Å². The average Bonchev–Trinajstić information content (AvgIpc) is 2.64. The van der Waals surface area contributed by atoms with Crippen LogP contribution in [0.25, 0.3) is 10.8 Å². The minimum atomic E-state index is -0.288. The molecule has 0 fully saturated rings. The van der Waals surface area contributed by atoms with Crippen LogP contribution in [0, 0.1) is 0 Å². The molecular weight excluding hydrogens is 352 g/mol. The summed E-state index contributed by atoms with van der Waals surface area (Å²) in [6.07, 6.45) is 2.64. The zero-order valence-corrected chi connectivity index (χ0v) is 15.1. The van der Waals surface area contributed by atoms with E-state index in [1.165, 1.54) is 0 Å². The Morgan fingerprint density at radius 1 is 1.12 bits per heavy atom. The fourth-order valence-corrected chi connectivity index (χ4v) is 2.83. The number of nitrogens with zero attached hydrogens (tertiary/aromatic N) is 1. The van der Waals surface area contributed by atoms with Gasteiger partial charge in [0.25, 0.3) is 11.5 Å². The van der Waals surface area contributed by atoms with Crippen LogP contribution in [0.3, 0.4) is 0 Å². The van der Waals surface area contributed by atoms with Gasteiger partial charge in [-0.2, -0.15) is 0 Å². The maximum atomic E-state index is 12.5. The van der Waals surface area contributed by atoms with Crippen molar-refractivity contribution in [3.8, 4) is 5.75 Å². The van der Waals surface area contributed by atoms with Crippen LogP contribution < -0.4 is 15.6 Å². The number of fused-ring (bicyclic) bond motifs is 1. The maximum absolute atomic E-state index is 12.5. The molecule has 0 bridgehead atoms. The van der Waals surface area contributed by atoms with Gasteiger partial charge in [0.2, 0.25) is 0 Å². The Labute approximate surface area is 156 Å². The van der Waals surface area contributed by atoms with Crippen molar-refractivity contribution in [1.82, 2.24) is 4.57 Å². The third-order valence-electron chi connectivity index (χ3n) is 3.93. The predicted molar refractivity (Wildman–Crippen MR) is 104 cm³/mol. The summed E-state index contributed by atoms with van der Waals surface area (Å²) < 4.78 is 7.33. The lowest BCUT2D eigenvalue weighted by Gasteiger charge is -2.11. The van der Waals surface area contributed by atoms with Crippen LogP contribution in [-0.4, -0.2) is 17.1 Å². The SMILES string of the molecule is CCCn1ccc2c(OCC(=O)Nc3ccc(Cl)cc3)cccc2c1=O. The van der Waals surface area contributed by atoms with Gasteiger partial charge in [0.05, 0.1) is 5.39 Å². The van der Waals surface area contributed by atoms with Gasteiger partial charge in [-0.05, 0) is 48.9 Å². The Kier molecular flexibility index (Phi) is 5.58. The zero-order valence-electron chi connectivity index (χ0n) is 14.4. The first-order valence-electron chi connectivity index (χ1n) is 8.39. The molecule has 1 aromatic heterocycles. The number of nitrogens with one attached hydrogen (secondary N) is 1. The third kappa shape index (κ3) is 4.06. The fraction of sp³-hybridized carbons (Fsp3) is 0.200. The average molecular weight is 371 g/mol. The van der Waals surface area contributed by atoms with Crippen LogP contribution in [-0.2, 0) is 11.3 Å². The highest BCUT2D eigenvalue weighted by Crippen LogP contribution is 2.23. The lowest BCUT2D eigenvalue weighted by molar-refractivity contribution is -0.118. The van der Waals surface area contributed by atoms with Crippen LogP contribution in [0.5, 0.6) is 5.75 Å². The molecular formula is C20H19ClN2O3. The number of aryl methyl sites for hydroxylation is 1. The molecule has 0 radical (unpaired) electrons. The van der Waals surface area contributed by atoms with Gasteiger partial charge in [-0.3, -0.25) is 9.59 Å². The molecule has 6 heteroatoms. The van der Waals surface area contributed by atoms with E-state index in [1.807, 2.05) is 13.0 Å². The first kappa shape index (κ1) is 18.0. The summed E-state index contributed by atoms with van der Waals surface area (Å²) in [5.41, 5.74) is 0.587. The quantitative estimate of drug-likeness (QED) is 0.711. The Morgan fingerprint density at radius 3 is 2.62 bits per heavy atom. The molecule has 3 aromatic rings. The monoisotopic (exact) mass is 370 g/mol. The van der Waals surface area contributed by atoms with Crippen molar-refractivity contribution >= 4 is 34.0 Å². The number of aromatic nitrogens is 1. The van der Waals surface area contributed by atoms with Gasteiger partial charge >= 0.3 is 0 Å². The number of halogens is 1. The number of carbonyl (C=O) groups excluding carboxylic acids is 1. The summed E-state index contributed by atoms with van der Waals surface area (Å²) in [5.74, 6) is 0.221. The number of ether oxygens (including phenoxy) is 1. The van der Waals surface area contributed by atoms with Gasteiger partial charge in [0, 0.05) is 28.8 Å². The van der Waals surface area contributed by atoms with Crippen LogP contribution in [0.1, 0.15) is 13.3 Å². The Hall–Kier alpha value is -2.79. The molecule has 0 aliphatic carbocycles. The van der Waals surface area contributed by atoms with Crippen molar-refractivity contribution in [2.45, 2.75) is 19.9 Å². The molecule has 5 nitrogen and oxygen atoms in total.